The van der Waals surface area contributed by atoms with Crippen molar-refractivity contribution in [3.63, 3.8) is 0 Å². The first kappa shape index (κ1) is 12.1. The van der Waals surface area contributed by atoms with E-state index in [1.165, 1.54) is 24.3 Å². The quantitative estimate of drug-likeness (QED) is 0.854. The number of amides is 1. The Kier molecular flexibility index (Phi) is 3.28. The number of hydrogen-bond acceptors (Lipinski definition) is 2. The summed E-state index contributed by atoms with van der Waals surface area (Å²) in [4.78, 5) is 11.9. The first-order valence-corrected chi connectivity index (χ1v) is 5.44. The predicted molar refractivity (Wildman–Crippen MR) is 67.2 cm³/mol. The lowest BCUT2D eigenvalue weighted by Crippen LogP contribution is -2.13. The number of halogens is 1. The van der Waals surface area contributed by atoms with Gasteiger partial charge in [-0.3, -0.25) is 4.79 Å². The molecule has 2 aromatic carbocycles. The van der Waals surface area contributed by atoms with Crippen LogP contribution in [0.3, 0.4) is 0 Å². The highest BCUT2D eigenvalue weighted by atomic mass is 19.1. The molecule has 0 saturated heterocycles. The van der Waals surface area contributed by atoms with E-state index in [0.717, 1.165) is 0 Å². The van der Waals surface area contributed by atoms with Crippen LogP contribution >= 0.6 is 0 Å². The van der Waals surface area contributed by atoms with Gasteiger partial charge in [0.25, 0.3) is 5.91 Å². The zero-order valence-electron chi connectivity index (χ0n) is 9.77. The molecule has 4 heteroatoms. The maximum atomic E-state index is 13.4. The first-order valence-electron chi connectivity index (χ1n) is 5.44. The zero-order chi connectivity index (χ0) is 13.1. The topological polar surface area (TPSA) is 49.3 Å². The molecule has 0 aliphatic heterocycles. The Balaban J connectivity index is 2.28. The zero-order valence-corrected chi connectivity index (χ0v) is 9.77. The van der Waals surface area contributed by atoms with Gasteiger partial charge < -0.3 is 10.4 Å². The summed E-state index contributed by atoms with van der Waals surface area (Å²) >= 11 is 0. The summed E-state index contributed by atoms with van der Waals surface area (Å²) in [6.45, 7) is 1.69. The van der Waals surface area contributed by atoms with Crippen LogP contribution in [0.2, 0.25) is 0 Å². The molecule has 0 spiro atoms. The predicted octanol–water partition coefficient (Wildman–Crippen LogP) is 3.09. The molecular weight excluding hydrogens is 233 g/mol. The second kappa shape index (κ2) is 4.87. The monoisotopic (exact) mass is 245 g/mol. The van der Waals surface area contributed by atoms with E-state index in [1.807, 2.05) is 0 Å². The van der Waals surface area contributed by atoms with Crippen molar-refractivity contribution in [2.75, 3.05) is 5.32 Å². The summed E-state index contributed by atoms with van der Waals surface area (Å²) in [6.07, 6.45) is 0. The van der Waals surface area contributed by atoms with Crippen LogP contribution in [0.5, 0.6) is 5.75 Å². The third-order valence-corrected chi connectivity index (χ3v) is 2.60. The minimum Gasteiger partial charge on any atom is -0.507 e. The van der Waals surface area contributed by atoms with Crippen LogP contribution in [0.4, 0.5) is 10.1 Å². The lowest BCUT2D eigenvalue weighted by Gasteiger charge is -2.08. The molecule has 0 fully saturated rings. The smallest absolute Gasteiger partial charge is 0.259 e. The van der Waals surface area contributed by atoms with Crippen LogP contribution in [-0.4, -0.2) is 11.0 Å². The maximum absolute atomic E-state index is 13.4. The number of aryl methyl sites for hydroxylation is 1. The number of rotatable bonds is 2. The van der Waals surface area contributed by atoms with Gasteiger partial charge in [-0.05, 0) is 30.7 Å². The molecule has 0 bridgehead atoms. The maximum Gasteiger partial charge on any atom is 0.259 e. The number of nitrogens with one attached hydrogen (secondary N) is 1. The summed E-state index contributed by atoms with van der Waals surface area (Å²) in [5.41, 5.74) is 0.804. The molecular formula is C14H12FNO2. The van der Waals surface area contributed by atoms with Crippen molar-refractivity contribution < 1.29 is 14.3 Å². The van der Waals surface area contributed by atoms with E-state index in [9.17, 15) is 14.3 Å². The molecule has 2 aromatic rings. The molecule has 0 aromatic heterocycles. The van der Waals surface area contributed by atoms with Crippen LogP contribution in [0.25, 0.3) is 0 Å². The molecule has 0 atom stereocenters. The number of benzene rings is 2. The highest BCUT2D eigenvalue weighted by Gasteiger charge is 2.13. The Morgan fingerprint density at radius 3 is 2.61 bits per heavy atom. The van der Waals surface area contributed by atoms with E-state index in [4.69, 9.17) is 0 Å². The fourth-order valence-corrected chi connectivity index (χ4v) is 1.59. The second-order valence-electron chi connectivity index (χ2n) is 3.91. The van der Waals surface area contributed by atoms with Crippen molar-refractivity contribution >= 4 is 11.6 Å². The minimum atomic E-state index is -0.540. The molecule has 1 amide bonds. The summed E-state index contributed by atoms with van der Waals surface area (Å²) in [7, 11) is 0. The van der Waals surface area contributed by atoms with Crippen molar-refractivity contribution in [3.8, 4) is 5.75 Å². The number of carbonyl (C=O) groups excluding carboxylic acids is 1. The summed E-state index contributed by atoms with van der Waals surface area (Å²) in [5, 5.41) is 12.2. The average molecular weight is 245 g/mol. The molecule has 2 rings (SSSR count). The van der Waals surface area contributed by atoms with E-state index in [0.29, 0.717) is 5.56 Å². The molecule has 18 heavy (non-hydrogen) atoms. The van der Waals surface area contributed by atoms with Crippen LogP contribution in [0.1, 0.15) is 15.9 Å². The number of phenolic OH excluding ortho intramolecular Hbond substituents is 1. The van der Waals surface area contributed by atoms with Crippen molar-refractivity contribution in [2.24, 2.45) is 0 Å². The Hall–Kier alpha value is -2.36. The number of carbonyl (C=O) groups is 1. The van der Waals surface area contributed by atoms with Crippen LogP contribution < -0.4 is 5.32 Å². The van der Waals surface area contributed by atoms with E-state index < -0.39 is 11.7 Å². The molecule has 0 unspecified atom stereocenters. The van der Waals surface area contributed by atoms with Crippen LogP contribution in [0.15, 0.2) is 42.5 Å². The SMILES string of the molecule is Cc1cccc(C(=O)Nc2ccccc2F)c1O. The fourth-order valence-electron chi connectivity index (χ4n) is 1.59. The molecule has 2 N–H and O–H groups in total. The van der Waals surface area contributed by atoms with Gasteiger partial charge in [-0.2, -0.15) is 0 Å². The standard InChI is InChI=1S/C14H12FNO2/c1-9-5-4-6-10(13(9)17)14(18)16-12-8-3-2-7-11(12)15/h2-8,17H,1H3,(H,16,18). The molecule has 0 saturated carbocycles. The number of hydrogen-bond donors (Lipinski definition) is 2. The van der Waals surface area contributed by atoms with E-state index >= 15 is 0 Å². The van der Waals surface area contributed by atoms with Crippen molar-refractivity contribution in [2.45, 2.75) is 6.92 Å². The molecule has 3 nitrogen and oxygen atoms in total. The van der Waals surface area contributed by atoms with Gasteiger partial charge in [0.1, 0.15) is 11.6 Å². The molecule has 0 aliphatic rings. The fraction of sp³-hybridized carbons (Fsp3) is 0.0714. The van der Waals surface area contributed by atoms with Gasteiger partial charge in [-0.1, -0.05) is 24.3 Å². The van der Waals surface area contributed by atoms with Crippen molar-refractivity contribution in [3.05, 3.63) is 59.4 Å². The van der Waals surface area contributed by atoms with Crippen LogP contribution in [0, 0.1) is 12.7 Å². The molecule has 0 aliphatic carbocycles. The van der Waals surface area contributed by atoms with Crippen molar-refractivity contribution in [1.29, 1.82) is 0 Å². The third-order valence-electron chi connectivity index (χ3n) is 2.60. The average Bonchev–Trinajstić information content (AvgIpc) is 2.35. The molecule has 92 valence electrons. The van der Waals surface area contributed by atoms with Gasteiger partial charge in [0.05, 0.1) is 11.3 Å². The normalized spacial score (nSPS) is 10.1. The first-order chi connectivity index (χ1) is 8.59. The second-order valence-corrected chi connectivity index (χ2v) is 3.91. The Morgan fingerprint density at radius 2 is 1.89 bits per heavy atom. The minimum absolute atomic E-state index is 0.0865. The highest BCUT2D eigenvalue weighted by molar-refractivity contribution is 6.06. The number of aromatic hydroxyl groups is 1. The van der Waals surface area contributed by atoms with Gasteiger partial charge in [-0.15, -0.1) is 0 Å². The Bertz CT molecular complexity index is 596. The Labute approximate surface area is 104 Å². The van der Waals surface area contributed by atoms with Crippen molar-refractivity contribution in [1.82, 2.24) is 0 Å². The number of phenols is 1. The molecule has 0 radical (unpaired) electrons. The Morgan fingerprint density at radius 1 is 1.17 bits per heavy atom. The van der Waals surface area contributed by atoms with E-state index in [-0.39, 0.29) is 17.0 Å². The third kappa shape index (κ3) is 2.32. The molecule has 0 heterocycles. The lowest BCUT2D eigenvalue weighted by atomic mass is 10.1. The van der Waals surface area contributed by atoms with E-state index in [2.05, 4.69) is 5.32 Å². The van der Waals surface area contributed by atoms with Crippen LogP contribution in [-0.2, 0) is 0 Å². The van der Waals surface area contributed by atoms with Gasteiger partial charge in [-0.25, -0.2) is 4.39 Å². The summed E-state index contributed by atoms with van der Waals surface area (Å²) in [5.74, 6) is -1.15. The summed E-state index contributed by atoms with van der Waals surface area (Å²) < 4.78 is 13.4. The number of para-hydroxylation sites is 2. The lowest BCUT2D eigenvalue weighted by molar-refractivity contribution is 0.102. The highest BCUT2D eigenvalue weighted by Crippen LogP contribution is 2.23. The van der Waals surface area contributed by atoms with Gasteiger partial charge in [0.2, 0.25) is 0 Å². The van der Waals surface area contributed by atoms with E-state index in [1.54, 1.807) is 25.1 Å². The largest absolute Gasteiger partial charge is 0.507 e. The number of anilines is 1. The van der Waals surface area contributed by atoms with Gasteiger partial charge in [0, 0.05) is 0 Å². The van der Waals surface area contributed by atoms with Gasteiger partial charge >= 0.3 is 0 Å². The summed E-state index contributed by atoms with van der Waals surface area (Å²) in [6, 6.07) is 10.7. The van der Waals surface area contributed by atoms with Gasteiger partial charge in [0.15, 0.2) is 0 Å².